The zero-order valence-electron chi connectivity index (χ0n) is 23.5. The van der Waals surface area contributed by atoms with E-state index in [1.165, 1.54) is 43.3 Å². The molecule has 0 saturated heterocycles. The van der Waals surface area contributed by atoms with E-state index in [9.17, 15) is 22.8 Å². The van der Waals surface area contributed by atoms with Gasteiger partial charge in [-0.1, -0.05) is 20.8 Å². The third kappa shape index (κ3) is 6.51. The zero-order chi connectivity index (χ0) is 29.4. The third-order valence-corrected chi connectivity index (χ3v) is 7.45. The van der Waals surface area contributed by atoms with Gasteiger partial charge in [0.2, 0.25) is 5.95 Å². The van der Waals surface area contributed by atoms with E-state index in [1.807, 2.05) is 6.07 Å². The maximum absolute atomic E-state index is 13.2. The molecule has 3 atom stereocenters. The maximum atomic E-state index is 13.2. The SMILES string of the molecule is COC(=O)[C@H](C)N(C)C(=O)c1ccc2c(c1)nc(Nc1ccc(OC(F)(F)F)cc1)n2[C@@H]1C[C@H](C)CC(C)(C)C1. The van der Waals surface area contributed by atoms with Gasteiger partial charge in [-0.25, -0.2) is 9.78 Å². The molecule has 40 heavy (non-hydrogen) atoms. The predicted molar refractivity (Wildman–Crippen MR) is 146 cm³/mol. The normalized spacial score (nSPS) is 19.6. The van der Waals surface area contributed by atoms with Crippen LogP contribution in [-0.2, 0) is 9.53 Å². The number of aromatic nitrogens is 2. The number of esters is 1. The van der Waals surface area contributed by atoms with Crippen LogP contribution < -0.4 is 10.1 Å². The lowest BCUT2D eigenvalue weighted by Gasteiger charge is -2.40. The number of hydrogen-bond acceptors (Lipinski definition) is 6. The third-order valence-electron chi connectivity index (χ3n) is 7.45. The number of methoxy groups -OCH3 is 1. The Bertz CT molecular complexity index is 1380. The van der Waals surface area contributed by atoms with Crippen molar-refractivity contribution >= 4 is 34.5 Å². The maximum Gasteiger partial charge on any atom is 0.573 e. The van der Waals surface area contributed by atoms with E-state index in [0.717, 1.165) is 24.8 Å². The van der Waals surface area contributed by atoms with Gasteiger partial charge in [0.1, 0.15) is 11.8 Å². The van der Waals surface area contributed by atoms with Crippen molar-refractivity contribution in [1.82, 2.24) is 14.5 Å². The second-order valence-corrected chi connectivity index (χ2v) is 11.4. The van der Waals surface area contributed by atoms with Crippen LogP contribution in [0.4, 0.5) is 24.8 Å². The fourth-order valence-corrected chi connectivity index (χ4v) is 5.76. The van der Waals surface area contributed by atoms with E-state index in [0.29, 0.717) is 28.6 Å². The largest absolute Gasteiger partial charge is 0.573 e. The van der Waals surface area contributed by atoms with Crippen molar-refractivity contribution in [3.05, 3.63) is 48.0 Å². The van der Waals surface area contributed by atoms with E-state index >= 15 is 0 Å². The van der Waals surface area contributed by atoms with Crippen molar-refractivity contribution in [2.24, 2.45) is 11.3 Å². The van der Waals surface area contributed by atoms with Crippen molar-refractivity contribution in [3.63, 3.8) is 0 Å². The minimum absolute atomic E-state index is 0.107. The zero-order valence-corrected chi connectivity index (χ0v) is 23.5. The lowest BCUT2D eigenvalue weighted by Crippen LogP contribution is -2.40. The summed E-state index contributed by atoms with van der Waals surface area (Å²) in [6, 6.07) is 10.1. The van der Waals surface area contributed by atoms with Crippen molar-refractivity contribution in [2.45, 2.75) is 65.4 Å². The number of ether oxygens (including phenoxy) is 2. The average Bonchev–Trinajstić information content (AvgIpc) is 3.23. The average molecular weight is 561 g/mol. The number of carbonyl (C=O) groups is 2. The molecule has 0 spiro atoms. The molecule has 2 aromatic carbocycles. The molecular weight excluding hydrogens is 525 g/mol. The van der Waals surface area contributed by atoms with Gasteiger partial charge in [0.25, 0.3) is 5.91 Å². The van der Waals surface area contributed by atoms with Crippen molar-refractivity contribution in [2.75, 3.05) is 19.5 Å². The topological polar surface area (TPSA) is 85.7 Å². The minimum atomic E-state index is -4.77. The molecular formula is C29H35F3N4O4. The fraction of sp³-hybridized carbons (Fsp3) is 0.483. The predicted octanol–water partition coefficient (Wildman–Crippen LogP) is 6.70. The smallest absolute Gasteiger partial charge is 0.467 e. The molecule has 1 aliphatic carbocycles. The van der Waals surface area contributed by atoms with Gasteiger partial charge in [0.05, 0.1) is 18.1 Å². The van der Waals surface area contributed by atoms with Crippen LogP contribution in [0.15, 0.2) is 42.5 Å². The monoisotopic (exact) mass is 560 g/mol. The van der Waals surface area contributed by atoms with Gasteiger partial charge >= 0.3 is 12.3 Å². The van der Waals surface area contributed by atoms with E-state index in [1.54, 1.807) is 19.1 Å². The van der Waals surface area contributed by atoms with Crippen LogP contribution in [-0.4, -0.2) is 52.9 Å². The van der Waals surface area contributed by atoms with E-state index in [2.05, 4.69) is 35.4 Å². The Balaban J connectivity index is 1.72. The number of imidazole rings is 1. The second kappa shape index (κ2) is 11.0. The van der Waals surface area contributed by atoms with Crippen LogP contribution in [0.5, 0.6) is 5.75 Å². The van der Waals surface area contributed by atoms with Crippen molar-refractivity contribution in [1.29, 1.82) is 0 Å². The number of fused-ring (bicyclic) bond motifs is 1. The quantitative estimate of drug-likeness (QED) is 0.324. The van der Waals surface area contributed by atoms with Gasteiger partial charge in [-0.2, -0.15) is 0 Å². The van der Waals surface area contributed by atoms with Gasteiger partial charge in [-0.3, -0.25) is 4.79 Å². The molecule has 1 N–H and O–H groups in total. The molecule has 1 saturated carbocycles. The standard InChI is InChI=1S/C29H35F3N4O4/c1-17-13-21(16-28(3,4)15-17)36-24-12-7-19(25(37)35(5)18(2)26(38)39-6)14-23(24)34-27(36)33-20-8-10-22(11-9-20)40-29(30,31)32/h7-12,14,17-18,21H,13,15-16H2,1-6H3,(H,33,34)/t17-,18-,21+/m0/s1. The Kier molecular flexibility index (Phi) is 8.05. The van der Waals surface area contributed by atoms with Gasteiger partial charge in [0, 0.05) is 24.3 Å². The number of amides is 1. The Morgan fingerprint density at radius 3 is 2.42 bits per heavy atom. The van der Waals surface area contributed by atoms with Crippen LogP contribution in [0.3, 0.4) is 0 Å². The Labute approximate surface area is 231 Å². The Morgan fingerprint density at radius 1 is 1.15 bits per heavy atom. The number of alkyl halides is 3. The molecule has 216 valence electrons. The number of hydrogen-bond donors (Lipinski definition) is 1. The van der Waals surface area contributed by atoms with Crippen LogP contribution in [0.25, 0.3) is 11.0 Å². The summed E-state index contributed by atoms with van der Waals surface area (Å²) < 4.78 is 48.7. The van der Waals surface area contributed by atoms with Crippen LogP contribution in [0.1, 0.15) is 63.4 Å². The highest BCUT2D eigenvalue weighted by Crippen LogP contribution is 2.46. The summed E-state index contributed by atoms with van der Waals surface area (Å²) in [4.78, 5) is 31.3. The molecule has 0 bridgehead atoms. The Morgan fingerprint density at radius 2 is 1.82 bits per heavy atom. The van der Waals surface area contributed by atoms with Crippen molar-refractivity contribution < 1.29 is 32.2 Å². The van der Waals surface area contributed by atoms with Gasteiger partial charge in [0.15, 0.2) is 0 Å². The van der Waals surface area contributed by atoms with E-state index in [-0.39, 0.29) is 23.1 Å². The molecule has 1 fully saturated rings. The fourth-order valence-electron chi connectivity index (χ4n) is 5.76. The molecule has 1 amide bonds. The summed E-state index contributed by atoms with van der Waals surface area (Å²) in [6.45, 7) is 8.32. The molecule has 4 rings (SSSR count). The molecule has 0 unspecified atom stereocenters. The van der Waals surface area contributed by atoms with Crippen LogP contribution in [0, 0.1) is 11.3 Å². The van der Waals surface area contributed by atoms with Crippen molar-refractivity contribution in [3.8, 4) is 5.75 Å². The van der Waals surface area contributed by atoms with Gasteiger partial charge in [-0.15, -0.1) is 13.2 Å². The van der Waals surface area contributed by atoms with Crippen LogP contribution >= 0.6 is 0 Å². The summed E-state index contributed by atoms with van der Waals surface area (Å²) in [5.74, 6) is -0.185. The number of nitrogens with zero attached hydrogens (tertiary/aromatic N) is 3. The highest BCUT2D eigenvalue weighted by atomic mass is 19.4. The summed E-state index contributed by atoms with van der Waals surface area (Å²) in [5.41, 5.74) is 2.43. The highest BCUT2D eigenvalue weighted by molar-refractivity contribution is 5.99. The van der Waals surface area contributed by atoms with Gasteiger partial charge < -0.3 is 24.3 Å². The first-order valence-electron chi connectivity index (χ1n) is 13.2. The number of nitrogens with one attached hydrogen (secondary N) is 1. The molecule has 8 nitrogen and oxygen atoms in total. The number of benzene rings is 2. The number of anilines is 2. The molecule has 0 radical (unpaired) electrons. The number of rotatable bonds is 7. The minimum Gasteiger partial charge on any atom is -0.467 e. The lowest BCUT2D eigenvalue weighted by atomic mass is 9.70. The number of likely N-dealkylation sites (N-methyl/N-ethyl adjacent to an activating group) is 1. The molecule has 1 heterocycles. The van der Waals surface area contributed by atoms with Crippen LogP contribution in [0.2, 0.25) is 0 Å². The summed E-state index contributed by atoms with van der Waals surface area (Å²) in [7, 11) is 2.81. The summed E-state index contributed by atoms with van der Waals surface area (Å²) in [6.07, 6.45) is -1.83. The first-order valence-corrected chi connectivity index (χ1v) is 13.2. The number of carbonyl (C=O) groups excluding carboxylic acids is 2. The molecule has 3 aromatic rings. The summed E-state index contributed by atoms with van der Waals surface area (Å²) >= 11 is 0. The second-order valence-electron chi connectivity index (χ2n) is 11.4. The lowest BCUT2D eigenvalue weighted by molar-refractivity contribution is -0.274. The van der Waals surface area contributed by atoms with Gasteiger partial charge in [-0.05, 0) is 80.0 Å². The van der Waals surface area contributed by atoms with E-state index < -0.39 is 18.4 Å². The molecule has 1 aromatic heterocycles. The Hall–Kier alpha value is -3.76. The molecule has 11 heteroatoms. The molecule has 0 aliphatic heterocycles. The van der Waals surface area contributed by atoms with E-state index in [4.69, 9.17) is 9.72 Å². The summed E-state index contributed by atoms with van der Waals surface area (Å²) in [5, 5.41) is 3.26. The first-order chi connectivity index (χ1) is 18.7. The highest BCUT2D eigenvalue weighted by Gasteiger charge is 2.35. The first kappa shape index (κ1) is 29.2. The molecule has 1 aliphatic rings. The number of halogens is 3.